The van der Waals surface area contributed by atoms with Crippen molar-refractivity contribution in [1.29, 1.82) is 0 Å². The van der Waals surface area contributed by atoms with Gasteiger partial charge in [-0.25, -0.2) is 15.0 Å². The molecule has 0 atom stereocenters. The van der Waals surface area contributed by atoms with E-state index in [4.69, 9.17) is 0 Å². The zero-order chi connectivity index (χ0) is 9.80. The minimum Gasteiger partial charge on any atom is -0.260 e. The third-order valence-corrected chi connectivity index (χ3v) is 2.64. The van der Waals surface area contributed by atoms with Crippen molar-refractivity contribution in [2.24, 2.45) is 0 Å². The first-order valence-corrected chi connectivity index (χ1v) is 5.37. The Bertz CT molecular complexity index is 423. The van der Waals surface area contributed by atoms with Gasteiger partial charge in [0.1, 0.15) is 21.0 Å². The minimum atomic E-state index is 0.763. The van der Waals surface area contributed by atoms with Crippen LogP contribution in [0.25, 0.3) is 0 Å². The SMILES string of the molecule is Brc1cc(Sc2cnccn2)ncn1. The summed E-state index contributed by atoms with van der Waals surface area (Å²) in [6.45, 7) is 0. The molecule has 2 rings (SSSR count). The van der Waals surface area contributed by atoms with Crippen LogP contribution in [0.4, 0.5) is 0 Å². The van der Waals surface area contributed by atoms with Crippen LogP contribution in [0.2, 0.25) is 0 Å². The second kappa shape index (κ2) is 4.47. The van der Waals surface area contributed by atoms with E-state index in [-0.39, 0.29) is 0 Å². The lowest BCUT2D eigenvalue weighted by Crippen LogP contribution is -1.85. The van der Waals surface area contributed by atoms with E-state index in [0.717, 1.165) is 14.7 Å². The summed E-state index contributed by atoms with van der Waals surface area (Å²) in [4.78, 5) is 16.1. The normalized spacial score (nSPS) is 10.1. The molecule has 2 aromatic rings. The average Bonchev–Trinajstić information content (AvgIpc) is 2.19. The quantitative estimate of drug-likeness (QED) is 0.782. The molecule has 14 heavy (non-hydrogen) atoms. The summed E-state index contributed by atoms with van der Waals surface area (Å²) in [5.74, 6) is 0. The molecule has 0 aromatic carbocycles. The molecule has 2 aromatic heterocycles. The Hall–Kier alpha value is -1.01. The van der Waals surface area contributed by atoms with Crippen molar-refractivity contribution < 1.29 is 0 Å². The van der Waals surface area contributed by atoms with E-state index in [0.29, 0.717) is 0 Å². The maximum atomic E-state index is 4.13. The smallest absolute Gasteiger partial charge is 0.121 e. The number of aromatic nitrogens is 4. The average molecular weight is 269 g/mol. The zero-order valence-electron chi connectivity index (χ0n) is 6.96. The molecule has 0 aliphatic heterocycles. The number of halogens is 1. The minimum absolute atomic E-state index is 0.763. The van der Waals surface area contributed by atoms with Crippen LogP contribution < -0.4 is 0 Å². The molecule has 0 amide bonds. The lowest BCUT2D eigenvalue weighted by molar-refractivity contribution is 1.01. The van der Waals surface area contributed by atoms with Crippen LogP contribution in [0.1, 0.15) is 0 Å². The van der Waals surface area contributed by atoms with Crippen molar-refractivity contribution in [3.63, 3.8) is 0 Å². The van der Waals surface area contributed by atoms with Gasteiger partial charge in [-0.05, 0) is 27.7 Å². The Kier molecular flexibility index (Phi) is 3.05. The third-order valence-electron chi connectivity index (χ3n) is 1.36. The molecule has 0 aliphatic rings. The molecule has 0 fully saturated rings. The standard InChI is InChI=1S/C8H5BrN4S/c9-6-3-7(13-5-12-6)14-8-4-10-1-2-11-8/h1-5H. The lowest BCUT2D eigenvalue weighted by atomic mass is 10.7. The Morgan fingerprint density at radius 2 is 2.00 bits per heavy atom. The highest BCUT2D eigenvalue weighted by Gasteiger charge is 2.00. The maximum absolute atomic E-state index is 4.13. The Balaban J connectivity index is 2.19. The molecule has 2 heterocycles. The van der Waals surface area contributed by atoms with Gasteiger partial charge in [0.05, 0.1) is 6.20 Å². The van der Waals surface area contributed by atoms with Gasteiger partial charge >= 0.3 is 0 Å². The van der Waals surface area contributed by atoms with E-state index in [9.17, 15) is 0 Å². The summed E-state index contributed by atoms with van der Waals surface area (Å²) >= 11 is 4.72. The predicted molar refractivity (Wildman–Crippen MR) is 55.9 cm³/mol. The lowest BCUT2D eigenvalue weighted by Gasteiger charge is -1.98. The summed E-state index contributed by atoms with van der Waals surface area (Å²) in [6, 6.07) is 1.83. The fourth-order valence-electron chi connectivity index (χ4n) is 0.818. The zero-order valence-corrected chi connectivity index (χ0v) is 9.36. The summed E-state index contributed by atoms with van der Waals surface area (Å²) in [6.07, 6.45) is 6.49. The van der Waals surface area contributed by atoms with Crippen molar-refractivity contribution in [3.05, 3.63) is 35.6 Å². The van der Waals surface area contributed by atoms with Crippen LogP contribution in [0.3, 0.4) is 0 Å². The summed E-state index contributed by atoms with van der Waals surface area (Å²) in [5, 5.41) is 1.66. The van der Waals surface area contributed by atoms with Gasteiger partial charge in [0.25, 0.3) is 0 Å². The molecule has 0 bridgehead atoms. The van der Waals surface area contributed by atoms with Crippen LogP contribution in [0, 0.1) is 0 Å². The largest absolute Gasteiger partial charge is 0.260 e. The van der Waals surface area contributed by atoms with Gasteiger partial charge < -0.3 is 0 Å². The van der Waals surface area contributed by atoms with E-state index < -0.39 is 0 Å². The van der Waals surface area contributed by atoms with Crippen molar-refractivity contribution in [2.45, 2.75) is 10.1 Å². The Labute approximate surface area is 93.4 Å². The highest BCUT2D eigenvalue weighted by Crippen LogP contribution is 2.23. The fraction of sp³-hybridized carbons (Fsp3) is 0. The van der Waals surface area contributed by atoms with E-state index >= 15 is 0 Å². The van der Waals surface area contributed by atoms with Gasteiger partial charge in [-0.15, -0.1) is 0 Å². The number of nitrogens with zero attached hydrogens (tertiary/aromatic N) is 4. The molecular weight excluding hydrogens is 264 g/mol. The Morgan fingerprint density at radius 3 is 2.71 bits per heavy atom. The van der Waals surface area contributed by atoms with E-state index in [2.05, 4.69) is 35.9 Å². The predicted octanol–water partition coefficient (Wildman–Crippen LogP) is 2.18. The third kappa shape index (κ3) is 2.49. The van der Waals surface area contributed by atoms with Crippen molar-refractivity contribution in [2.75, 3.05) is 0 Å². The summed E-state index contributed by atoms with van der Waals surface area (Å²) in [5.41, 5.74) is 0. The van der Waals surface area contributed by atoms with Crippen molar-refractivity contribution in [1.82, 2.24) is 19.9 Å². The first-order chi connectivity index (χ1) is 6.84. The van der Waals surface area contributed by atoms with Crippen LogP contribution >= 0.6 is 27.7 Å². The molecule has 4 nitrogen and oxygen atoms in total. The second-order valence-corrected chi connectivity index (χ2v) is 4.18. The first kappa shape index (κ1) is 9.54. The molecule has 0 saturated carbocycles. The molecule has 0 unspecified atom stereocenters. The molecule has 6 heteroatoms. The molecule has 0 spiro atoms. The summed E-state index contributed by atoms with van der Waals surface area (Å²) < 4.78 is 0.763. The van der Waals surface area contributed by atoms with Gasteiger partial charge in [0, 0.05) is 18.5 Å². The van der Waals surface area contributed by atoms with Gasteiger partial charge in [0.15, 0.2) is 0 Å². The fourth-order valence-corrected chi connectivity index (χ4v) is 1.99. The molecular formula is C8H5BrN4S. The highest BCUT2D eigenvalue weighted by molar-refractivity contribution is 9.10. The maximum Gasteiger partial charge on any atom is 0.121 e. The molecule has 0 aliphatic carbocycles. The van der Waals surface area contributed by atoms with Gasteiger partial charge in [-0.3, -0.25) is 4.98 Å². The van der Waals surface area contributed by atoms with E-state index in [1.807, 2.05) is 6.07 Å². The number of rotatable bonds is 2. The van der Waals surface area contributed by atoms with Crippen LogP contribution in [0.5, 0.6) is 0 Å². The number of hydrogen-bond acceptors (Lipinski definition) is 5. The molecule has 70 valence electrons. The Morgan fingerprint density at radius 1 is 1.07 bits per heavy atom. The van der Waals surface area contributed by atoms with Crippen LogP contribution in [-0.2, 0) is 0 Å². The van der Waals surface area contributed by atoms with Crippen molar-refractivity contribution >= 4 is 27.7 Å². The topological polar surface area (TPSA) is 51.6 Å². The van der Waals surface area contributed by atoms with Crippen LogP contribution in [0.15, 0.2) is 45.6 Å². The van der Waals surface area contributed by atoms with E-state index in [1.54, 1.807) is 18.6 Å². The summed E-state index contributed by atoms with van der Waals surface area (Å²) in [7, 11) is 0. The second-order valence-electron chi connectivity index (χ2n) is 2.32. The van der Waals surface area contributed by atoms with Gasteiger partial charge in [0.2, 0.25) is 0 Å². The van der Waals surface area contributed by atoms with Crippen molar-refractivity contribution in [3.8, 4) is 0 Å². The molecule has 0 saturated heterocycles. The monoisotopic (exact) mass is 268 g/mol. The number of hydrogen-bond donors (Lipinski definition) is 0. The van der Waals surface area contributed by atoms with Crippen LogP contribution in [-0.4, -0.2) is 19.9 Å². The molecule has 0 radical (unpaired) electrons. The van der Waals surface area contributed by atoms with Gasteiger partial charge in [-0.2, -0.15) is 0 Å². The molecule has 0 N–H and O–H groups in total. The van der Waals surface area contributed by atoms with E-state index in [1.165, 1.54) is 18.1 Å². The first-order valence-electron chi connectivity index (χ1n) is 3.76. The highest BCUT2D eigenvalue weighted by atomic mass is 79.9. The van der Waals surface area contributed by atoms with Gasteiger partial charge in [-0.1, -0.05) is 0 Å².